The van der Waals surface area contributed by atoms with Gasteiger partial charge in [-0.25, -0.2) is 4.98 Å². The Morgan fingerprint density at radius 2 is 1.75 bits per heavy atom. The lowest BCUT2D eigenvalue weighted by molar-refractivity contribution is 0.185. The third kappa shape index (κ3) is 3.44. The van der Waals surface area contributed by atoms with E-state index in [1.54, 1.807) is 13.3 Å². The molecule has 0 atom stereocenters. The molecule has 0 saturated carbocycles. The summed E-state index contributed by atoms with van der Waals surface area (Å²) in [6.07, 6.45) is 3.61. The number of nitrogens with zero attached hydrogens (tertiary/aromatic N) is 3. The number of aromatic nitrogens is 2. The van der Waals surface area contributed by atoms with Gasteiger partial charge in [0.25, 0.3) is 0 Å². The summed E-state index contributed by atoms with van der Waals surface area (Å²) in [4.78, 5) is 11.3. The second-order valence-corrected chi connectivity index (χ2v) is 5.83. The van der Waals surface area contributed by atoms with Crippen LogP contribution in [0.2, 0.25) is 0 Å². The van der Waals surface area contributed by atoms with Gasteiger partial charge >= 0.3 is 0 Å². The Kier molecular flexibility index (Phi) is 4.87. The summed E-state index contributed by atoms with van der Waals surface area (Å²) >= 11 is 0. The summed E-state index contributed by atoms with van der Waals surface area (Å²) in [6.45, 7) is 0.588. The molecule has 0 aliphatic heterocycles. The highest BCUT2D eigenvalue weighted by Gasteiger charge is 2.10. The van der Waals surface area contributed by atoms with Crippen molar-refractivity contribution < 1.29 is 4.74 Å². The van der Waals surface area contributed by atoms with Crippen LogP contribution in [0.15, 0.2) is 60.9 Å². The van der Waals surface area contributed by atoms with Crippen molar-refractivity contribution in [1.82, 2.24) is 9.97 Å². The van der Waals surface area contributed by atoms with Crippen LogP contribution in [-0.2, 0) is 11.3 Å². The predicted octanol–water partition coefficient (Wildman–Crippen LogP) is 4.02. The molecule has 122 valence electrons. The van der Waals surface area contributed by atoms with Gasteiger partial charge in [-0.3, -0.25) is 4.98 Å². The van der Waals surface area contributed by atoms with Crippen LogP contribution in [0.4, 0.5) is 5.69 Å². The average molecular weight is 319 g/mol. The summed E-state index contributed by atoms with van der Waals surface area (Å²) in [5, 5.41) is 0. The molecule has 3 rings (SSSR count). The standard InChI is InChI=1S/C20H21N3O/c1-23(2)20-10-5-4-9-17(20)19-13-21-12-18(22-19)16-8-6-7-15(11-16)14-24-3/h4-13H,14H2,1-3H3. The monoisotopic (exact) mass is 319 g/mol. The highest BCUT2D eigenvalue weighted by atomic mass is 16.5. The Bertz CT molecular complexity index is 830. The average Bonchev–Trinajstić information content (AvgIpc) is 2.62. The van der Waals surface area contributed by atoms with Gasteiger partial charge in [0.15, 0.2) is 0 Å². The third-order valence-electron chi connectivity index (χ3n) is 3.83. The molecular weight excluding hydrogens is 298 g/mol. The van der Waals surface area contributed by atoms with E-state index in [0.717, 1.165) is 33.8 Å². The van der Waals surface area contributed by atoms with Crippen LogP contribution >= 0.6 is 0 Å². The maximum absolute atomic E-state index is 5.21. The molecule has 0 unspecified atom stereocenters. The number of rotatable bonds is 5. The van der Waals surface area contributed by atoms with Crippen molar-refractivity contribution in [3.05, 3.63) is 66.5 Å². The van der Waals surface area contributed by atoms with Crippen molar-refractivity contribution >= 4 is 5.69 Å². The van der Waals surface area contributed by atoms with Crippen molar-refractivity contribution in [2.75, 3.05) is 26.1 Å². The summed E-state index contributed by atoms with van der Waals surface area (Å²) in [7, 11) is 5.76. The number of methoxy groups -OCH3 is 1. The van der Waals surface area contributed by atoms with Crippen molar-refractivity contribution in [2.24, 2.45) is 0 Å². The topological polar surface area (TPSA) is 38.2 Å². The fourth-order valence-corrected chi connectivity index (χ4v) is 2.70. The van der Waals surface area contributed by atoms with E-state index in [1.807, 2.05) is 50.6 Å². The van der Waals surface area contributed by atoms with E-state index >= 15 is 0 Å². The molecule has 24 heavy (non-hydrogen) atoms. The molecule has 2 aromatic carbocycles. The SMILES string of the molecule is COCc1cccc(-c2cncc(-c3ccccc3N(C)C)n2)c1. The van der Waals surface area contributed by atoms with Gasteiger partial charge in [0.2, 0.25) is 0 Å². The summed E-state index contributed by atoms with van der Waals surface area (Å²) in [5.74, 6) is 0. The molecule has 4 heteroatoms. The zero-order chi connectivity index (χ0) is 16.9. The van der Waals surface area contributed by atoms with E-state index < -0.39 is 0 Å². The smallest absolute Gasteiger partial charge is 0.0913 e. The first-order valence-electron chi connectivity index (χ1n) is 7.86. The number of hydrogen-bond acceptors (Lipinski definition) is 4. The fraction of sp³-hybridized carbons (Fsp3) is 0.200. The first-order chi connectivity index (χ1) is 11.7. The molecule has 0 N–H and O–H groups in total. The molecule has 1 heterocycles. The predicted molar refractivity (Wildman–Crippen MR) is 97.9 cm³/mol. The lowest BCUT2D eigenvalue weighted by Gasteiger charge is -2.17. The van der Waals surface area contributed by atoms with Crippen LogP contribution in [-0.4, -0.2) is 31.2 Å². The van der Waals surface area contributed by atoms with E-state index in [9.17, 15) is 0 Å². The van der Waals surface area contributed by atoms with Gasteiger partial charge in [0.1, 0.15) is 0 Å². The zero-order valence-electron chi connectivity index (χ0n) is 14.2. The van der Waals surface area contributed by atoms with E-state index in [-0.39, 0.29) is 0 Å². The molecule has 0 fully saturated rings. The molecule has 1 aromatic heterocycles. The molecule has 0 bridgehead atoms. The van der Waals surface area contributed by atoms with Crippen LogP contribution in [0.5, 0.6) is 0 Å². The molecule has 0 amide bonds. The number of para-hydroxylation sites is 1. The van der Waals surface area contributed by atoms with Gasteiger partial charge in [-0.15, -0.1) is 0 Å². The Hall–Kier alpha value is -2.72. The lowest BCUT2D eigenvalue weighted by Crippen LogP contribution is -2.10. The normalized spacial score (nSPS) is 10.6. The minimum atomic E-state index is 0.588. The minimum Gasteiger partial charge on any atom is -0.380 e. The Balaban J connectivity index is 2.03. The first-order valence-corrected chi connectivity index (χ1v) is 7.86. The van der Waals surface area contributed by atoms with Gasteiger partial charge in [0, 0.05) is 38.0 Å². The van der Waals surface area contributed by atoms with Crippen LogP contribution in [0.3, 0.4) is 0 Å². The molecule has 0 radical (unpaired) electrons. The van der Waals surface area contributed by atoms with Gasteiger partial charge in [-0.2, -0.15) is 0 Å². The van der Waals surface area contributed by atoms with E-state index in [0.29, 0.717) is 6.61 Å². The van der Waals surface area contributed by atoms with Gasteiger partial charge in [-0.1, -0.05) is 36.4 Å². The zero-order valence-corrected chi connectivity index (χ0v) is 14.2. The van der Waals surface area contributed by atoms with Crippen molar-refractivity contribution in [1.29, 1.82) is 0 Å². The van der Waals surface area contributed by atoms with Crippen LogP contribution in [0, 0.1) is 0 Å². The van der Waals surface area contributed by atoms with E-state index in [1.165, 1.54) is 0 Å². The Morgan fingerprint density at radius 1 is 0.958 bits per heavy atom. The first kappa shape index (κ1) is 16.1. The number of ether oxygens (including phenoxy) is 1. The minimum absolute atomic E-state index is 0.588. The van der Waals surface area contributed by atoms with Crippen LogP contribution < -0.4 is 4.90 Å². The van der Waals surface area contributed by atoms with E-state index in [4.69, 9.17) is 9.72 Å². The molecule has 0 saturated heterocycles. The number of benzene rings is 2. The largest absolute Gasteiger partial charge is 0.380 e. The van der Waals surface area contributed by atoms with Gasteiger partial charge in [0.05, 0.1) is 30.4 Å². The highest BCUT2D eigenvalue weighted by molar-refractivity contribution is 5.76. The molecule has 0 aliphatic carbocycles. The van der Waals surface area contributed by atoms with Crippen molar-refractivity contribution in [3.63, 3.8) is 0 Å². The molecule has 4 nitrogen and oxygen atoms in total. The Morgan fingerprint density at radius 3 is 2.54 bits per heavy atom. The summed E-state index contributed by atoms with van der Waals surface area (Å²) in [6, 6.07) is 16.4. The second kappa shape index (κ2) is 7.23. The van der Waals surface area contributed by atoms with Crippen LogP contribution in [0.25, 0.3) is 22.5 Å². The maximum atomic E-state index is 5.21. The maximum Gasteiger partial charge on any atom is 0.0913 e. The highest BCUT2D eigenvalue weighted by Crippen LogP contribution is 2.29. The van der Waals surface area contributed by atoms with Crippen LogP contribution in [0.1, 0.15) is 5.56 Å². The molecule has 0 spiro atoms. The lowest BCUT2D eigenvalue weighted by atomic mass is 10.1. The summed E-state index contributed by atoms with van der Waals surface area (Å²) < 4.78 is 5.21. The van der Waals surface area contributed by atoms with Gasteiger partial charge < -0.3 is 9.64 Å². The third-order valence-corrected chi connectivity index (χ3v) is 3.83. The Labute approximate surface area is 142 Å². The quantitative estimate of drug-likeness (QED) is 0.712. The molecule has 3 aromatic rings. The number of anilines is 1. The summed E-state index contributed by atoms with van der Waals surface area (Å²) in [5.41, 5.74) is 6.09. The second-order valence-electron chi connectivity index (χ2n) is 5.83. The van der Waals surface area contributed by atoms with Crippen molar-refractivity contribution in [3.8, 4) is 22.5 Å². The fourth-order valence-electron chi connectivity index (χ4n) is 2.70. The van der Waals surface area contributed by atoms with Crippen molar-refractivity contribution in [2.45, 2.75) is 6.61 Å². The van der Waals surface area contributed by atoms with E-state index in [2.05, 4.69) is 28.1 Å². The molecular formula is C20H21N3O. The molecule has 0 aliphatic rings. The van der Waals surface area contributed by atoms with Gasteiger partial charge in [-0.05, 0) is 17.7 Å². The number of hydrogen-bond donors (Lipinski definition) is 0.